The number of para-hydroxylation sites is 1. The van der Waals surface area contributed by atoms with Crippen molar-refractivity contribution in [2.45, 2.75) is 39.7 Å². The second-order valence-electron chi connectivity index (χ2n) is 7.26. The predicted molar refractivity (Wildman–Crippen MR) is 103 cm³/mol. The summed E-state index contributed by atoms with van der Waals surface area (Å²) in [6, 6.07) is 9.18. The maximum atomic E-state index is 12.9. The van der Waals surface area contributed by atoms with Crippen molar-refractivity contribution in [1.29, 1.82) is 0 Å². The van der Waals surface area contributed by atoms with Crippen LogP contribution in [0.5, 0.6) is 0 Å². The highest BCUT2D eigenvalue weighted by atomic mass is 16.6. The van der Waals surface area contributed by atoms with Gasteiger partial charge in [-0.15, -0.1) is 0 Å². The van der Waals surface area contributed by atoms with E-state index in [4.69, 9.17) is 4.74 Å². The van der Waals surface area contributed by atoms with Crippen molar-refractivity contribution in [3.8, 4) is 0 Å². The van der Waals surface area contributed by atoms with E-state index in [1.54, 1.807) is 32.7 Å². The van der Waals surface area contributed by atoms with Crippen molar-refractivity contribution in [2.24, 2.45) is 5.41 Å². The molecule has 148 valence electrons. The molecule has 0 saturated carbocycles. The Morgan fingerprint density at radius 2 is 1.78 bits per heavy atom. The van der Waals surface area contributed by atoms with Gasteiger partial charge in [0.15, 0.2) is 0 Å². The standard InChI is InChI=1S/C20H29N3O4/c1-5-27-19(26)23-13-11-15(12-14-23)21-17(24)20(2,3)18(25)22(4)16-9-7-6-8-10-16/h6-10,15H,5,11-14H2,1-4H3,(H,21,24). The smallest absolute Gasteiger partial charge is 0.409 e. The van der Waals surface area contributed by atoms with E-state index in [0.29, 0.717) is 32.5 Å². The molecular formula is C20H29N3O4. The summed E-state index contributed by atoms with van der Waals surface area (Å²) in [5.41, 5.74) is -0.450. The molecule has 1 fully saturated rings. The molecule has 2 rings (SSSR count). The van der Waals surface area contributed by atoms with E-state index >= 15 is 0 Å². The molecule has 0 unspecified atom stereocenters. The van der Waals surface area contributed by atoms with Crippen LogP contribution in [0.1, 0.15) is 33.6 Å². The molecule has 1 aliphatic heterocycles. The lowest BCUT2D eigenvalue weighted by atomic mass is 9.89. The average molecular weight is 375 g/mol. The third-order valence-corrected chi connectivity index (χ3v) is 4.91. The number of hydrogen-bond donors (Lipinski definition) is 1. The van der Waals surface area contributed by atoms with Crippen LogP contribution >= 0.6 is 0 Å². The van der Waals surface area contributed by atoms with Gasteiger partial charge in [0.05, 0.1) is 6.61 Å². The molecule has 7 heteroatoms. The second kappa shape index (κ2) is 8.88. The number of ether oxygens (including phenoxy) is 1. The number of benzene rings is 1. The molecule has 1 N–H and O–H groups in total. The van der Waals surface area contributed by atoms with Gasteiger partial charge in [-0.25, -0.2) is 4.79 Å². The van der Waals surface area contributed by atoms with Gasteiger partial charge >= 0.3 is 6.09 Å². The summed E-state index contributed by atoms with van der Waals surface area (Å²) >= 11 is 0. The first kappa shape index (κ1) is 20.7. The number of piperidine rings is 1. The van der Waals surface area contributed by atoms with Crippen molar-refractivity contribution in [1.82, 2.24) is 10.2 Å². The number of rotatable bonds is 5. The molecular weight excluding hydrogens is 346 g/mol. The van der Waals surface area contributed by atoms with E-state index in [-0.39, 0.29) is 23.9 Å². The minimum absolute atomic E-state index is 0.0581. The first-order valence-electron chi connectivity index (χ1n) is 9.33. The number of carbonyl (C=O) groups is 3. The van der Waals surface area contributed by atoms with E-state index < -0.39 is 5.41 Å². The lowest BCUT2D eigenvalue weighted by molar-refractivity contribution is -0.140. The quantitative estimate of drug-likeness (QED) is 0.802. The third-order valence-electron chi connectivity index (χ3n) is 4.91. The lowest BCUT2D eigenvalue weighted by Gasteiger charge is -2.34. The molecule has 1 saturated heterocycles. The molecule has 27 heavy (non-hydrogen) atoms. The van der Waals surface area contributed by atoms with Crippen LogP contribution in [0.25, 0.3) is 0 Å². The number of nitrogens with one attached hydrogen (secondary N) is 1. The van der Waals surface area contributed by atoms with Crippen LogP contribution < -0.4 is 10.2 Å². The van der Waals surface area contributed by atoms with Crippen LogP contribution in [-0.4, -0.2) is 55.6 Å². The van der Waals surface area contributed by atoms with Gasteiger partial charge in [0.2, 0.25) is 11.8 Å². The Hall–Kier alpha value is -2.57. The molecule has 7 nitrogen and oxygen atoms in total. The maximum absolute atomic E-state index is 12.9. The SMILES string of the molecule is CCOC(=O)N1CCC(NC(=O)C(C)(C)C(=O)N(C)c2ccccc2)CC1. The van der Waals surface area contributed by atoms with Gasteiger partial charge in [0, 0.05) is 31.9 Å². The van der Waals surface area contributed by atoms with Crippen molar-refractivity contribution >= 4 is 23.6 Å². The van der Waals surface area contributed by atoms with Crippen LogP contribution in [0.2, 0.25) is 0 Å². The van der Waals surface area contributed by atoms with Gasteiger partial charge < -0.3 is 19.9 Å². The third kappa shape index (κ3) is 4.99. The number of amides is 3. The van der Waals surface area contributed by atoms with Gasteiger partial charge in [0.25, 0.3) is 0 Å². The summed E-state index contributed by atoms with van der Waals surface area (Å²) in [6.45, 7) is 6.46. The van der Waals surface area contributed by atoms with Gasteiger partial charge in [-0.05, 0) is 45.7 Å². The Morgan fingerprint density at radius 1 is 1.19 bits per heavy atom. The zero-order valence-electron chi connectivity index (χ0n) is 16.5. The van der Waals surface area contributed by atoms with E-state index in [9.17, 15) is 14.4 Å². The first-order valence-corrected chi connectivity index (χ1v) is 9.33. The van der Waals surface area contributed by atoms with Crippen LogP contribution in [0.15, 0.2) is 30.3 Å². The van der Waals surface area contributed by atoms with Crippen molar-refractivity contribution in [2.75, 3.05) is 31.6 Å². The molecule has 0 spiro atoms. The Balaban J connectivity index is 1.92. The summed E-state index contributed by atoms with van der Waals surface area (Å²) in [7, 11) is 1.67. The highest BCUT2D eigenvalue weighted by Gasteiger charge is 2.39. The van der Waals surface area contributed by atoms with E-state index in [0.717, 1.165) is 5.69 Å². The zero-order chi connectivity index (χ0) is 20.0. The normalized spacial score (nSPS) is 15.2. The van der Waals surface area contributed by atoms with Gasteiger partial charge in [-0.1, -0.05) is 18.2 Å². The largest absolute Gasteiger partial charge is 0.450 e. The number of hydrogen-bond acceptors (Lipinski definition) is 4. The van der Waals surface area contributed by atoms with Gasteiger partial charge in [-0.2, -0.15) is 0 Å². The highest BCUT2D eigenvalue weighted by Crippen LogP contribution is 2.24. The van der Waals surface area contributed by atoms with Crippen molar-refractivity contribution < 1.29 is 19.1 Å². The number of likely N-dealkylation sites (tertiary alicyclic amines) is 1. The van der Waals surface area contributed by atoms with Crippen molar-refractivity contribution in [3.63, 3.8) is 0 Å². The lowest BCUT2D eigenvalue weighted by Crippen LogP contribution is -2.53. The molecule has 0 bridgehead atoms. The molecule has 1 heterocycles. The molecule has 0 radical (unpaired) electrons. The summed E-state index contributed by atoms with van der Waals surface area (Å²) in [5, 5.41) is 2.97. The summed E-state index contributed by atoms with van der Waals surface area (Å²) in [5.74, 6) is -0.569. The maximum Gasteiger partial charge on any atom is 0.409 e. The van der Waals surface area contributed by atoms with E-state index in [2.05, 4.69) is 5.32 Å². The van der Waals surface area contributed by atoms with Crippen LogP contribution in [0.3, 0.4) is 0 Å². The molecule has 1 aromatic rings. The average Bonchev–Trinajstić information content (AvgIpc) is 2.68. The number of anilines is 1. The van der Waals surface area contributed by atoms with Crippen LogP contribution in [-0.2, 0) is 14.3 Å². The van der Waals surface area contributed by atoms with Crippen LogP contribution in [0, 0.1) is 5.41 Å². The van der Waals surface area contributed by atoms with E-state index in [1.807, 2.05) is 30.3 Å². The Kier molecular flexibility index (Phi) is 6.82. The molecule has 0 aliphatic carbocycles. The van der Waals surface area contributed by atoms with Gasteiger partial charge in [0.1, 0.15) is 5.41 Å². The monoisotopic (exact) mass is 375 g/mol. The first-order chi connectivity index (χ1) is 12.8. The minimum Gasteiger partial charge on any atom is -0.450 e. The Bertz CT molecular complexity index is 667. The summed E-state index contributed by atoms with van der Waals surface area (Å²) in [6.07, 6.45) is 0.967. The second-order valence-corrected chi connectivity index (χ2v) is 7.26. The fraction of sp³-hybridized carbons (Fsp3) is 0.550. The molecule has 0 atom stereocenters. The van der Waals surface area contributed by atoms with Crippen LogP contribution in [0.4, 0.5) is 10.5 Å². The molecule has 1 aliphatic rings. The molecule has 1 aromatic carbocycles. The Morgan fingerprint density at radius 3 is 2.33 bits per heavy atom. The minimum atomic E-state index is -1.19. The van der Waals surface area contributed by atoms with Crippen molar-refractivity contribution in [3.05, 3.63) is 30.3 Å². The predicted octanol–water partition coefficient (Wildman–Crippen LogP) is 2.41. The molecule has 3 amide bonds. The van der Waals surface area contributed by atoms with E-state index in [1.165, 1.54) is 4.90 Å². The summed E-state index contributed by atoms with van der Waals surface area (Å²) in [4.78, 5) is 40.5. The fourth-order valence-corrected chi connectivity index (χ4v) is 3.07. The van der Waals surface area contributed by atoms with Gasteiger partial charge in [-0.3, -0.25) is 9.59 Å². The topological polar surface area (TPSA) is 79.0 Å². The number of carbonyl (C=O) groups excluding carboxylic acids is 3. The summed E-state index contributed by atoms with van der Waals surface area (Å²) < 4.78 is 5.00. The molecule has 0 aromatic heterocycles. The Labute approximate surface area is 160 Å². The number of nitrogens with zero attached hydrogens (tertiary/aromatic N) is 2. The highest BCUT2D eigenvalue weighted by molar-refractivity contribution is 6.10. The zero-order valence-corrected chi connectivity index (χ0v) is 16.5. The fourth-order valence-electron chi connectivity index (χ4n) is 3.07.